The molecule has 0 atom stereocenters. The molecule has 0 aliphatic carbocycles. The molecule has 0 amide bonds. The van der Waals surface area contributed by atoms with E-state index in [-0.39, 0.29) is 18.6 Å². The maximum absolute atomic E-state index is 4.78. The van der Waals surface area contributed by atoms with Crippen LogP contribution >= 0.6 is 22.5 Å². The Hall–Kier alpha value is 1.07. The van der Waals surface area contributed by atoms with Crippen molar-refractivity contribution in [2.75, 3.05) is 0 Å². The van der Waals surface area contributed by atoms with E-state index in [1.807, 2.05) is 0 Å². The Morgan fingerprint density at radius 3 is 1.25 bits per heavy atom. The standard InChI is InChI=1S/Al.2ClH.H3N.2H/h;2*1H;1H3;;/q+1;;;;;/p-1. The summed E-state index contributed by atoms with van der Waals surface area (Å²) >= 11 is 0.778. The normalized spacial score (nSPS) is 1.25. The minimum absolute atomic E-state index is 0. The average molecular weight is 118 g/mol. The zero-order chi connectivity index (χ0) is 2.00. The SMILES string of the molecule is Cl.N.[AlH2][Cl]. The van der Waals surface area contributed by atoms with Crippen molar-refractivity contribution in [3.63, 3.8) is 0 Å². The number of hydrogen-bond acceptors (Lipinski definition) is 1. The van der Waals surface area contributed by atoms with Gasteiger partial charge in [0.25, 0.3) is 0 Å². The fourth-order valence-electron chi connectivity index (χ4n) is 0. The van der Waals surface area contributed by atoms with Crippen LogP contribution in [0, 0.1) is 0 Å². The summed E-state index contributed by atoms with van der Waals surface area (Å²) in [4.78, 5) is 0. The van der Waals surface area contributed by atoms with Crippen LogP contribution in [0.1, 0.15) is 0 Å². The Morgan fingerprint density at radius 2 is 1.25 bits per heavy atom. The number of rotatable bonds is 0. The van der Waals surface area contributed by atoms with Gasteiger partial charge in [-0.05, 0) is 0 Å². The van der Waals surface area contributed by atoms with Gasteiger partial charge in [0.15, 0.2) is 0 Å². The van der Waals surface area contributed by atoms with E-state index in [4.69, 9.17) is 10.0 Å². The lowest BCUT2D eigenvalue weighted by Crippen LogP contribution is -0.980. The topological polar surface area (TPSA) is 35.0 Å². The first-order chi connectivity index (χ1) is 1.00. The van der Waals surface area contributed by atoms with Gasteiger partial charge in [-0.2, -0.15) is 0 Å². The van der Waals surface area contributed by atoms with Crippen molar-refractivity contribution >= 4 is 37.8 Å². The van der Waals surface area contributed by atoms with Crippen LogP contribution in [-0.4, -0.2) is 15.4 Å². The maximum Gasteiger partial charge on any atom is 0.353 e. The van der Waals surface area contributed by atoms with Crippen molar-refractivity contribution in [2.45, 2.75) is 0 Å². The molecule has 0 saturated carbocycles. The van der Waals surface area contributed by atoms with Crippen LogP contribution in [0.25, 0.3) is 0 Å². The van der Waals surface area contributed by atoms with E-state index in [9.17, 15) is 0 Å². The Bertz CT molecular complexity index is 6.00. The van der Waals surface area contributed by atoms with Crippen LogP contribution in [0.5, 0.6) is 0 Å². The van der Waals surface area contributed by atoms with Gasteiger partial charge >= 0.3 is 15.4 Å². The summed E-state index contributed by atoms with van der Waals surface area (Å²) in [7, 11) is 4.78. The van der Waals surface area contributed by atoms with E-state index < -0.39 is 0 Å². The molecule has 0 saturated heterocycles. The summed E-state index contributed by atoms with van der Waals surface area (Å²) in [6.45, 7) is 0. The third kappa shape index (κ3) is 11.5. The Labute approximate surface area is 44.3 Å². The monoisotopic (exact) mass is 117 g/mol. The van der Waals surface area contributed by atoms with E-state index in [0.29, 0.717) is 0 Å². The molecule has 28 valence electrons. The highest BCUT2D eigenvalue weighted by molar-refractivity contribution is 6.80. The molecule has 0 aromatic carbocycles. The van der Waals surface area contributed by atoms with Crippen molar-refractivity contribution in [3.05, 3.63) is 0 Å². The molecule has 0 spiro atoms. The molecule has 4 heteroatoms. The molecular formula is H6AlCl2N. The summed E-state index contributed by atoms with van der Waals surface area (Å²) in [5.41, 5.74) is 0. The number of halogens is 2. The van der Waals surface area contributed by atoms with Crippen molar-refractivity contribution in [1.29, 1.82) is 0 Å². The highest BCUT2D eigenvalue weighted by Gasteiger charge is 1.09. The van der Waals surface area contributed by atoms with Gasteiger partial charge in [0.2, 0.25) is 0 Å². The quantitative estimate of drug-likeness (QED) is 0.457. The van der Waals surface area contributed by atoms with Gasteiger partial charge < -0.3 is 6.15 Å². The lowest BCUT2D eigenvalue weighted by molar-refractivity contribution is 2.13. The van der Waals surface area contributed by atoms with E-state index in [1.165, 1.54) is 0 Å². The maximum atomic E-state index is 4.78. The second-order valence-electron chi connectivity index (χ2n) is 0. The Morgan fingerprint density at radius 1 is 1.25 bits per heavy atom. The first-order valence-corrected chi connectivity index (χ1v) is 3.40. The molecule has 4 heavy (non-hydrogen) atoms. The van der Waals surface area contributed by atoms with Gasteiger partial charge in [0, 0.05) is 0 Å². The summed E-state index contributed by atoms with van der Waals surface area (Å²) in [6, 6.07) is 0. The second kappa shape index (κ2) is 33.4. The predicted octanol–water partition coefficient (Wildman–Crippen LogP) is 0.357. The highest BCUT2D eigenvalue weighted by atomic mass is 35.6. The smallest absolute Gasteiger partial charge is 0.344 e. The molecule has 0 unspecified atom stereocenters. The van der Waals surface area contributed by atoms with Gasteiger partial charge in [-0.1, -0.05) is 0 Å². The van der Waals surface area contributed by atoms with Crippen LogP contribution in [-0.2, 0) is 0 Å². The van der Waals surface area contributed by atoms with Crippen molar-refractivity contribution in [2.24, 2.45) is 0 Å². The van der Waals surface area contributed by atoms with E-state index >= 15 is 0 Å². The lowest BCUT2D eigenvalue weighted by Gasteiger charge is -1.01. The van der Waals surface area contributed by atoms with Gasteiger partial charge in [-0.25, -0.2) is 0 Å². The summed E-state index contributed by atoms with van der Waals surface area (Å²) < 4.78 is 0. The van der Waals surface area contributed by atoms with E-state index in [0.717, 1.165) is 15.4 Å². The fraction of sp³-hybridized carbons (Fsp3) is 0. The zero-order valence-corrected chi connectivity index (χ0v) is 6.07. The minimum atomic E-state index is 0. The van der Waals surface area contributed by atoms with Gasteiger partial charge in [-0.3, -0.25) is 10.0 Å². The van der Waals surface area contributed by atoms with Gasteiger partial charge in [0.05, 0.1) is 0 Å². The molecule has 0 radical (unpaired) electrons. The van der Waals surface area contributed by atoms with E-state index in [2.05, 4.69) is 0 Å². The van der Waals surface area contributed by atoms with Crippen molar-refractivity contribution in [1.82, 2.24) is 6.15 Å². The van der Waals surface area contributed by atoms with Gasteiger partial charge in [0.1, 0.15) is 0 Å². The van der Waals surface area contributed by atoms with E-state index in [1.54, 1.807) is 0 Å². The Kier molecular flexibility index (Phi) is 164. The molecule has 0 aromatic heterocycles. The molecule has 3 N–H and O–H groups in total. The average Bonchev–Trinajstić information content (AvgIpc) is 1.00. The molecule has 0 aliphatic rings. The molecular weight excluding hydrogens is 112 g/mol. The van der Waals surface area contributed by atoms with Crippen LogP contribution in [0.2, 0.25) is 0 Å². The highest BCUT2D eigenvalue weighted by Crippen LogP contribution is 1.29. The minimum Gasteiger partial charge on any atom is -0.344 e. The molecule has 0 aromatic rings. The molecule has 1 nitrogen and oxygen atoms in total. The molecule has 0 heterocycles. The summed E-state index contributed by atoms with van der Waals surface area (Å²) in [5.74, 6) is 0. The zero-order valence-electron chi connectivity index (χ0n) is 2.49. The fourth-order valence-corrected chi connectivity index (χ4v) is 0. The predicted molar refractivity (Wildman–Crippen MR) is 26.7 cm³/mol. The molecule has 0 aliphatic heterocycles. The van der Waals surface area contributed by atoms with Crippen LogP contribution < -0.4 is 6.15 Å². The first kappa shape index (κ1) is 19.6. The first-order valence-electron chi connectivity index (χ1n) is 0.378. The molecule has 0 fully saturated rings. The third-order valence-electron chi connectivity index (χ3n) is 0. The molecule has 0 bridgehead atoms. The third-order valence-corrected chi connectivity index (χ3v) is 0. The summed E-state index contributed by atoms with van der Waals surface area (Å²) in [6.07, 6.45) is 0. The van der Waals surface area contributed by atoms with Crippen LogP contribution in [0.4, 0.5) is 0 Å². The van der Waals surface area contributed by atoms with Gasteiger partial charge in [-0.15, -0.1) is 12.4 Å². The Balaban J connectivity index is -0.00000000500. The molecule has 0 rings (SSSR count). The van der Waals surface area contributed by atoms with Crippen molar-refractivity contribution < 1.29 is 0 Å². The summed E-state index contributed by atoms with van der Waals surface area (Å²) in [5, 5.41) is 0. The largest absolute Gasteiger partial charge is 0.353 e. The lowest BCUT2D eigenvalue weighted by atomic mass is 14.0. The number of hydrogen-bond donors (Lipinski definition) is 1. The van der Waals surface area contributed by atoms with Crippen LogP contribution in [0.3, 0.4) is 0 Å². The second-order valence-corrected chi connectivity index (χ2v) is 0. The van der Waals surface area contributed by atoms with Crippen LogP contribution in [0.15, 0.2) is 0 Å². The van der Waals surface area contributed by atoms with Crippen molar-refractivity contribution in [3.8, 4) is 0 Å².